The molecule has 0 aromatic rings. The number of rotatable bonds is 8. The molecular formula is C19H36O. The summed E-state index contributed by atoms with van der Waals surface area (Å²) in [5.74, 6) is 2.99. The lowest BCUT2D eigenvalue weighted by Gasteiger charge is -2.28. The summed E-state index contributed by atoms with van der Waals surface area (Å²) in [6.07, 6.45) is 20.9. The van der Waals surface area contributed by atoms with Crippen molar-refractivity contribution in [2.45, 2.75) is 89.9 Å². The van der Waals surface area contributed by atoms with Crippen LogP contribution >= 0.6 is 0 Å². The zero-order valence-corrected chi connectivity index (χ0v) is 13.7. The molecule has 0 spiro atoms. The monoisotopic (exact) mass is 280 g/mol. The van der Waals surface area contributed by atoms with Crippen LogP contribution in [0.1, 0.15) is 89.9 Å². The average molecular weight is 280 g/mol. The molecule has 118 valence electrons. The van der Waals surface area contributed by atoms with Gasteiger partial charge in [-0.3, -0.25) is 0 Å². The van der Waals surface area contributed by atoms with Crippen molar-refractivity contribution < 1.29 is 4.74 Å². The summed E-state index contributed by atoms with van der Waals surface area (Å²) in [6.45, 7) is 0.994. The molecule has 0 saturated heterocycles. The topological polar surface area (TPSA) is 9.23 Å². The van der Waals surface area contributed by atoms with E-state index in [0.29, 0.717) is 0 Å². The van der Waals surface area contributed by atoms with Gasteiger partial charge in [0.15, 0.2) is 0 Å². The number of unbranched alkanes of at least 4 members (excludes halogenated alkanes) is 2. The van der Waals surface area contributed by atoms with E-state index >= 15 is 0 Å². The van der Waals surface area contributed by atoms with Gasteiger partial charge < -0.3 is 4.74 Å². The zero-order chi connectivity index (χ0) is 14.0. The summed E-state index contributed by atoms with van der Waals surface area (Å²) in [5, 5.41) is 0. The SMILES string of the molecule is COCC1CCC(CCCCCC2CCCCC2)CC1. The second-order valence-corrected chi connectivity index (χ2v) is 7.48. The van der Waals surface area contributed by atoms with Crippen molar-refractivity contribution in [2.24, 2.45) is 17.8 Å². The summed E-state index contributed by atoms with van der Waals surface area (Å²) in [5.41, 5.74) is 0. The Morgan fingerprint density at radius 3 is 1.80 bits per heavy atom. The fraction of sp³-hybridized carbons (Fsp3) is 1.00. The van der Waals surface area contributed by atoms with Crippen LogP contribution < -0.4 is 0 Å². The van der Waals surface area contributed by atoms with Crippen molar-refractivity contribution in [1.29, 1.82) is 0 Å². The van der Waals surface area contributed by atoms with Crippen molar-refractivity contribution in [1.82, 2.24) is 0 Å². The molecule has 0 atom stereocenters. The minimum Gasteiger partial charge on any atom is -0.384 e. The Labute approximate surface area is 126 Å². The molecule has 2 saturated carbocycles. The van der Waals surface area contributed by atoms with Crippen molar-refractivity contribution >= 4 is 0 Å². The molecule has 2 aliphatic carbocycles. The van der Waals surface area contributed by atoms with Gasteiger partial charge in [0.05, 0.1) is 0 Å². The summed E-state index contributed by atoms with van der Waals surface area (Å²) < 4.78 is 5.29. The highest BCUT2D eigenvalue weighted by Gasteiger charge is 2.20. The first kappa shape index (κ1) is 16.3. The Balaban J connectivity index is 1.43. The Hall–Kier alpha value is -0.0400. The second-order valence-electron chi connectivity index (χ2n) is 7.48. The minimum atomic E-state index is 0.863. The van der Waals surface area contributed by atoms with Crippen LogP contribution in [-0.4, -0.2) is 13.7 Å². The molecule has 0 heterocycles. The molecule has 0 amide bonds. The van der Waals surface area contributed by atoms with E-state index in [2.05, 4.69) is 0 Å². The van der Waals surface area contributed by atoms with Gasteiger partial charge in [-0.25, -0.2) is 0 Å². The Morgan fingerprint density at radius 1 is 0.650 bits per heavy atom. The molecule has 0 N–H and O–H groups in total. The molecule has 1 heteroatoms. The van der Waals surface area contributed by atoms with Crippen LogP contribution in [0.25, 0.3) is 0 Å². The molecule has 2 aliphatic rings. The lowest BCUT2D eigenvalue weighted by molar-refractivity contribution is 0.117. The van der Waals surface area contributed by atoms with Gasteiger partial charge in [-0.15, -0.1) is 0 Å². The molecule has 0 aliphatic heterocycles. The van der Waals surface area contributed by atoms with Gasteiger partial charge in [-0.2, -0.15) is 0 Å². The largest absolute Gasteiger partial charge is 0.384 e. The molecular weight excluding hydrogens is 244 g/mol. The fourth-order valence-corrected chi connectivity index (χ4v) is 4.44. The van der Waals surface area contributed by atoms with E-state index in [4.69, 9.17) is 4.74 Å². The first-order valence-corrected chi connectivity index (χ1v) is 9.37. The van der Waals surface area contributed by atoms with Gasteiger partial charge in [0.1, 0.15) is 0 Å². The first-order valence-electron chi connectivity index (χ1n) is 9.37. The van der Waals surface area contributed by atoms with E-state index in [0.717, 1.165) is 24.4 Å². The number of hydrogen-bond acceptors (Lipinski definition) is 1. The lowest BCUT2D eigenvalue weighted by Crippen LogP contribution is -2.18. The van der Waals surface area contributed by atoms with E-state index in [1.54, 1.807) is 0 Å². The van der Waals surface area contributed by atoms with Crippen LogP contribution in [0.2, 0.25) is 0 Å². The molecule has 2 rings (SSSR count). The van der Waals surface area contributed by atoms with Gasteiger partial charge in [0.2, 0.25) is 0 Å². The third-order valence-corrected chi connectivity index (χ3v) is 5.82. The Morgan fingerprint density at radius 2 is 1.20 bits per heavy atom. The third kappa shape index (κ3) is 6.16. The van der Waals surface area contributed by atoms with Gasteiger partial charge in [-0.1, -0.05) is 77.0 Å². The first-order chi connectivity index (χ1) is 9.88. The van der Waals surface area contributed by atoms with Crippen LogP contribution in [0.4, 0.5) is 0 Å². The maximum absolute atomic E-state index is 5.29. The number of methoxy groups -OCH3 is 1. The molecule has 0 unspecified atom stereocenters. The van der Waals surface area contributed by atoms with E-state index in [1.165, 1.54) is 89.9 Å². The predicted octanol–water partition coefficient (Wildman–Crippen LogP) is 5.97. The summed E-state index contributed by atoms with van der Waals surface area (Å²) in [6, 6.07) is 0. The van der Waals surface area contributed by atoms with E-state index in [-0.39, 0.29) is 0 Å². The van der Waals surface area contributed by atoms with Crippen LogP contribution in [0.15, 0.2) is 0 Å². The number of hydrogen-bond donors (Lipinski definition) is 0. The highest BCUT2D eigenvalue weighted by Crippen LogP contribution is 2.33. The standard InChI is InChI=1S/C19H36O/c1-20-16-19-14-12-18(13-15-19)11-7-3-6-10-17-8-4-2-5-9-17/h17-19H,2-16H2,1H3. The normalized spacial score (nSPS) is 28.6. The Kier molecular flexibility index (Phi) is 8.02. The van der Waals surface area contributed by atoms with Crippen molar-refractivity contribution in [3.8, 4) is 0 Å². The molecule has 20 heavy (non-hydrogen) atoms. The molecule has 0 bridgehead atoms. The minimum absolute atomic E-state index is 0.863. The third-order valence-electron chi connectivity index (χ3n) is 5.82. The fourth-order valence-electron chi connectivity index (χ4n) is 4.44. The summed E-state index contributed by atoms with van der Waals surface area (Å²) >= 11 is 0. The van der Waals surface area contributed by atoms with Crippen molar-refractivity contribution in [2.75, 3.05) is 13.7 Å². The van der Waals surface area contributed by atoms with Crippen LogP contribution in [0, 0.1) is 17.8 Å². The van der Waals surface area contributed by atoms with E-state index in [1.807, 2.05) is 7.11 Å². The van der Waals surface area contributed by atoms with E-state index in [9.17, 15) is 0 Å². The van der Waals surface area contributed by atoms with Crippen molar-refractivity contribution in [3.05, 3.63) is 0 Å². The lowest BCUT2D eigenvalue weighted by atomic mass is 9.80. The van der Waals surface area contributed by atoms with E-state index < -0.39 is 0 Å². The maximum atomic E-state index is 5.29. The second kappa shape index (κ2) is 9.82. The van der Waals surface area contributed by atoms with Gasteiger partial charge in [0, 0.05) is 13.7 Å². The molecule has 0 aromatic carbocycles. The molecule has 1 nitrogen and oxygen atoms in total. The molecule has 2 fully saturated rings. The van der Waals surface area contributed by atoms with Gasteiger partial charge in [0.25, 0.3) is 0 Å². The summed E-state index contributed by atoms with van der Waals surface area (Å²) in [4.78, 5) is 0. The van der Waals surface area contributed by atoms with Crippen LogP contribution in [-0.2, 0) is 4.74 Å². The maximum Gasteiger partial charge on any atom is 0.0490 e. The highest BCUT2D eigenvalue weighted by molar-refractivity contribution is 4.72. The summed E-state index contributed by atoms with van der Waals surface area (Å²) in [7, 11) is 1.85. The average Bonchev–Trinajstić information content (AvgIpc) is 2.50. The predicted molar refractivity (Wildman–Crippen MR) is 87.0 cm³/mol. The molecule has 0 radical (unpaired) electrons. The van der Waals surface area contributed by atoms with Crippen molar-refractivity contribution in [3.63, 3.8) is 0 Å². The van der Waals surface area contributed by atoms with Crippen LogP contribution in [0.3, 0.4) is 0 Å². The van der Waals surface area contributed by atoms with Crippen LogP contribution in [0.5, 0.6) is 0 Å². The zero-order valence-electron chi connectivity index (χ0n) is 13.7. The smallest absolute Gasteiger partial charge is 0.0490 e. The Bertz CT molecular complexity index is 224. The van der Waals surface area contributed by atoms with Gasteiger partial charge >= 0.3 is 0 Å². The number of ether oxygens (including phenoxy) is 1. The highest BCUT2D eigenvalue weighted by atomic mass is 16.5. The van der Waals surface area contributed by atoms with Gasteiger partial charge in [-0.05, 0) is 30.6 Å². The molecule has 0 aromatic heterocycles. The quantitative estimate of drug-likeness (QED) is 0.498.